The summed E-state index contributed by atoms with van der Waals surface area (Å²) in [6.45, 7) is 18.4. The Balaban J connectivity index is 0.00000235. The van der Waals surface area contributed by atoms with Crippen LogP contribution in [0.15, 0.2) is 28.9 Å². The quantitative estimate of drug-likeness (QED) is 0.219. The molecule has 2 aromatic rings. The van der Waals surface area contributed by atoms with E-state index in [2.05, 4.69) is 40.3 Å². The van der Waals surface area contributed by atoms with Gasteiger partial charge in [-0.15, -0.1) is 0 Å². The van der Waals surface area contributed by atoms with E-state index in [1.54, 1.807) is 11.9 Å². The number of nitrogens with zero attached hydrogens (tertiary/aromatic N) is 4. The predicted octanol–water partition coefficient (Wildman–Crippen LogP) is 4.70. The molecular formula is C28H47N5O3S. The van der Waals surface area contributed by atoms with Crippen molar-refractivity contribution in [3.63, 3.8) is 0 Å². The van der Waals surface area contributed by atoms with Crippen LogP contribution in [-0.2, 0) is 17.7 Å². The fourth-order valence-corrected chi connectivity index (χ4v) is 5.27. The molecule has 37 heavy (non-hydrogen) atoms. The zero-order chi connectivity index (χ0) is 27.2. The molecular weight excluding hydrogens is 486 g/mol. The van der Waals surface area contributed by atoms with Gasteiger partial charge in [0.15, 0.2) is 0 Å². The van der Waals surface area contributed by atoms with E-state index >= 15 is 0 Å². The number of aliphatic hydroxyl groups excluding tert-OH is 1. The first kappa shape index (κ1) is 31.1. The average Bonchev–Trinajstić information content (AvgIpc) is 3.28. The molecule has 8 nitrogen and oxygen atoms in total. The van der Waals surface area contributed by atoms with Gasteiger partial charge in [-0.25, -0.2) is 9.29 Å². The number of β-amino-alcohol motifs (C(OH)–C–C–N with tert-alkyl or cyclic N) is 1. The van der Waals surface area contributed by atoms with Gasteiger partial charge in [-0.3, -0.25) is 9.69 Å². The highest BCUT2D eigenvalue weighted by atomic mass is 32.2. The van der Waals surface area contributed by atoms with Crippen molar-refractivity contribution in [2.24, 2.45) is 0 Å². The summed E-state index contributed by atoms with van der Waals surface area (Å²) < 4.78 is 10.4. The minimum absolute atomic E-state index is 0.112. The Morgan fingerprint density at radius 2 is 1.92 bits per heavy atom. The van der Waals surface area contributed by atoms with E-state index in [9.17, 15) is 4.79 Å². The molecule has 0 saturated carbocycles. The first-order valence-electron chi connectivity index (χ1n) is 13.9. The lowest BCUT2D eigenvalue weighted by Gasteiger charge is -2.33. The van der Waals surface area contributed by atoms with Gasteiger partial charge in [0.2, 0.25) is 0 Å². The lowest BCUT2D eigenvalue weighted by Crippen LogP contribution is -2.44. The number of aliphatic hydroxyl groups is 1. The molecule has 2 aromatic heterocycles. The van der Waals surface area contributed by atoms with Crippen molar-refractivity contribution >= 4 is 28.6 Å². The Bertz CT molecular complexity index is 1070. The zero-order valence-electron chi connectivity index (χ0n) is 23.7. The Labute approximate surface area is 226 Å². The van der Waals surface area contributed by atoms with Crippen LogP contribution < -0.4 is 5.56 Å². The second-order valence-corrected chi connectivity index (χ2v) is 9.82. The van der Waals surface area contributed by atoms with Crippen LogP contribution in [0.5, 0.6) is 0 Å². The van der Waals surface area contributed by atoms with Gasteiger partial charge in [0.25, 0.3) is 5.56 Å². The third-order valence-electron chi connectivity index (χ3n) is 6.19. The lowest BCUT2D eigenvalue weighted by atomic mass is 10.1. The number of nitrogens with one attached hydrogen (secondary N) is 1. The highest BCUT2D eigenvalue weighted by molar-refractivity contribution is 7.97. The van der Waals surface area contributed by atoms with Gasteiger partial charge in [-0.05, 0) is 38.3 Å². The number of H-pyrrole nitrogens is 1. The van der Waals surface area contributed by atoms with E-state index in [-0.39, 0.29) is 12.2 Å². The Hall–Kier alpha value is -2.07. The van der Waals surface area contributed by atoms with Crippen molar-refractivity contribution in [3.05, 3.63) is 45.8 Å². The molecule has 0 unspecified atom stereocenters. The maximum absolute atomic E-state index is 13.2. The smallest absolute Gasteiger partial charge is 0.275 e. The molecule has 3 rings (SSSR count). The standard InChI is InChI=1S/C26H41N5O3S.C2H6/c1-5-9-20-19-30(8-4)24-23(20)27-25(28-26(24)33)21(22(7-3)34-17-6-2)10-18-35-31-13-11-29(12-14-31)15-16-32;1-2/h7,10,19,32H,5-6,8-9,11-18H2,1-4H3,(H,27,28,33);1-2H3/b21-10+,22-7+;. The Morgan fingerprint density at radius 3 is 2.51 bits per heavy atom. The van der Waals surface area contributed by atoms with Crippen LogP contribution >= 0.6 is 11.9 Å². The number of piperazine rings is 1. The number of fused-ring (bicyclic) bond motifs is 1. The molecule has 0 atom stereocenters. The third-order valence-corrected chi connectivity index (χ3v) is 7.24. The van der Waals surface area contributed by atoms with Gasteiger partial charge < -0.3 is 19.4 Å². The number of ether oxygens (including phenoxy) is 1. The number of allylic oxidation sites excluding steroid dienone is 2. The Morgan fingerprint density at radius 1 is 1.19 bits per heavy atom. The Kier molecular flexibility index (Phi) is 14.1. The van der Waals surface area contributed by atoms with Gasteiger partial charge in [-0.2, -0.15) is 0 Å². The summed E-state index contributed by atoms with van der Waals surface area (Å²) in [5.41, 5.74) is 3.27. The fraction of sp³-hybridized carbons (Fsp3) is 0.643. The van der Waals surface area contributed by atoms with Crippen molar-refractivity contribution in [2.45, 2.75) is 67.3 Å². The van der Waals surface area contributed by atoms with E-state index < -0.39 is 0 Å². The molecule has 9 heteroatoms. The van der Waals surface area contributed by atoms with Crippen LogP contribution in [0.3, 0.4) is 0 Å². The summed E-state index contributed by atoms with van der Waals surface area (Å²) in [5.74, 6) is 2.06. The summed E-state index contributed by atoms with van der Waals surface area (Å²) >= 11 is 1.78. The second kappa shape index (κ2) is 16.7. The highest BCUT2D eigenvalue weighted by Gasteiger charge is 2.19. The van der Waals surface area contributed by atoms with E-state index in [0.29, 0.717) is 17.9 Å². The molecule has 0 amide bonds. The van der Waals surface area contributed by atoms with Crippen molar-refractivity contribution in [1.82, 2.24) is 23.7 Å². The molecule has 1 aliphatic rings. The summed E-state index contributed by atoms with van der Waals surface area (Å²) in [4.78, 5) is 23.5. The van der Waals surface area contributed by atoms with Gasteiger partial charge in [-0.1, -0.05) is 52.1 Å². The molecule has 1 fully saturated rings. The maximum Gasteiger partial charge on any atom is 0.275 e. The summed E-state index contributed by atoms with van der Waals surface area (Å²) in [7, 11) is 0. The largest absolute Gasteiger partial charge is 0.493 e. The fourth-order valence-electron chi connectivity index (χ4n) is 4.39. The molecule has 0 bridgehead atoms. The normalized spacial score (nSPS) is 15.6. The summed E-state index contributed by atoms with van der Waals surface area (Å²) in [5, 5.41) is 9.16. The minimum Gasteiger partial charge on any atom is -0.493 e. The van der Waals surface area contributed by atoms with Gasteiger partial charge in [0.1, 0.15) is 17.1 Å². The number of aromatic nitrogens is 3. The molecule has 208 valence electrons. The molecule has 0 aromatic carbocycles. The van der Waals surface area contributed by atoms with Gasteiger partial charge in [0, 0.05) is 51.2 Å². The number of hydrogen-bond acceptors (Lipinski definition) is 7. The molecule has 0 aliphatic carbocycles. The van der Waals surface area contributed by atoms with Crippen LogP contribution in [0.2, 0.25) is 0 Å². The van der Waals surface area contributed by atoms with Crippen LogP contribution in [0.25, 0.3) is 16.6 Å². The molecule has 3 heterocycles. The number of hydrogen-bond donors (Lipinski definition) is 2. The van der Waals surface area contributed by atoms with E-state index in [1.807, 2.05) is 38.3 Å². The first-order valence-corrected chi connectivity index (χ1v) is 14.8. The summed E-state index contributed by atoms with van der Waals surface area (Å²) in [6, 6.07) is 0. The van der Waals surface area contributed by atoms with E-state index in [0.717, 1.165) is 86.7 Å². The molecule has 1 aliphatic heterocycles. The number of aromatic amines is 1. The zero-order valence-corrected chi connectivity index (χ0v) is 24.5. The SMILES string of the molecule is C/C=C(OCCC)\C(=C/CSN1CCN(CCO)CC1)c1nc2c(CCC)cn(CC)c2c(=O)[nH]1.CC. The van der Waals surface area contributed by atoms with Crippen LogP contribution in [0.4, 0.5) is 0 Å². The number of rotatable bonds is 13. The topological polar surface area (TPSA) is 86.6 Å². The minimum atomic E-state index is -0.112. The monoisotopic (exact) mass is 533 g/mol. The first-order chi connectivity index (χ1) is 18.1. The van der Waals surface area contributed by atoms with E-state index in [1.165, 1.54) is 0 Å². The summed E-state index contributed by atoms with van der Waals surface area (Å²) in [6.07, 6.45) is 8.93. The second-order valence-electron chi connectivity index (χ2n) is 8.71. The van der Waals surface area contributed by atoms with Crippen LogP contribution in [0, 0.1) is 0 Å². The predicted molar refractivity (Wildman–Crippen MR) is 157 cm³/mol. The van der Waals surface area contributed by atoms with E-state index in [4.69, 9.17) is 14.8 Å². The molecule has 1 saturated heterocycles. The number of aryl methyl sites for hydroxylation is 2. The maximum atomic E-state index is 13.2. The highest BCUT2D eigenvalue weighted by Crippen LogP contribution is 2.26. The van der Waals surface area contributed by atoms with Crippen molar-refractivity contribution < 1.29 is 9.84 Å². The van der Waals surface area contributed by atoms with Crippen LogP contribution in [0.1, 0.15) is 65.8 Å². The molecule has 0 spiro atoms. The van der Waals surface area contributed by atoms with Gasteiger partial charge >= 0.3 is 0 Å². The van der Waals surface area contributed by atoms with Crippen molar-refractivity contribution in [2.75, 3.05) is 51.7 Å². The van der Waals surface area contributed by atoms with Crippen molar-refractivity contribution in [3.8, 4) is 0 Å². The van der Waals surface area contributed by atoms with Crippen molar-refractivity contribution in [1.29, 1.82) is 0 Å². The lowest BCUT2D eigenvalue weighted by molar-refractivity contribution is 0.156. The third kappa shape index (κ3) is 8.46. The molecule has 2 N–H and O–H groups in total. The van der Waals surface area contributed by atoms with Crippen LogP contribution in [-0.4, -0.2) is 80.5 Å². The molecule has 0 radical (unpaired) electrons. The van der Waals surface area contributed by atoms with Gasteiger partial charge in [0.05, 0.1) is 24.3 Å². The average molecular weight is 534 g/mol.